The molecule has 0 spiro atoms. The summed E-state index contributed by atoms with van der Waals surface area (Å²) in [6.07, 6.45) is 3.67. The zero-order chi connectivity index (χ0) is 16.8. The Morgan fingerprint density at radius 1 is 0.773 bits per heavy atom. The van der Waals surface area contributed by atoms with Crippen molar-refractivity contribution in [3.8, 4) is 0 Å². The minimum absolute atomic E-state index is 0.108. The number of amides is 4. The molecule has 0 saturated heterocycles. The lowest BCUT2D eigenvalue weighted by molar-refractivity contribution is 0.246. The van der Waals surface area contributed by atoms with Gasteiger partial charge in [-0.1, -0.05) is 12.8 Å². The molecule has 0 atom stereocenters. The van der Waals surface area contributed by atoms with E-state index in [9.17, 15) is 9.59 Å². The van der Waals surface area contributed by atoms with E-state index in [-0.39, 0.29) is 24.0 Å². The van der Waals surface area contributed by atoms with E-state index in [0.717, 1.165) is 25.7 Å². The molecule has 0 aromatic heterocycles. The third kappa shape index (κ3) is 11.3. The molecule has 0 aromatic carbocycles. The highest BCUT2D eigenvalue weighted by Crippen LogP contribution is 2.00. The van der Waals surface area contributed by atoms with Gasteiger partial charge in [0.15, 0.2) is 11.9 Å². The number of nitrogens with zero attached hydrogens (tertiary/aromatic N) is 2. The minimum Gasteiger partial charge on any atom is -0.370 e. The van der Waals surface area contributed by atoms with Crippen LogP contribution in [0.5, 0.6) is 0 Å². The molecule has 0 aromatic rings. The number of aliphatic imine (C=N–C) groups is 2. The standard InChI is InChI=1S/C12H26N8O2/c1-15-11(21)19-9(13)17-7-5-3-4-6-8-18-10(14)20-12(22)16-2/h3-8H2,1-2H3,(H4,13,15,17,19,21)(H4,14,16,18,20,22). The molecule has 0 unspecified atom stereocenters. The molecule has 0 rings (SSSR count). The van der Waals surface area contributed by atoms with Crippen LogP contribution in [-0.2, 0) is 0 Å². The Labute approximate surface area is 130 Å². The van der Waals surface area contributed by atoms with E-state index >= 15 is 0 Å². The summed E-state index contributed by atoms with van der Waals surface area (Å²) in [4.78, 5) is 29.9. The predicted octanol–water partition coefficient (Wildman–Crippen LogP) is -0.966. The second-order valence-corrected chi connectivity index (χ2v) is 4.36. The first-order chi connectivity index (χ1) is 10.5. The van der Waals surface area contributed by atoms with Crippen LogP contribution in [0, 0.1) is 0 Å². The highest BCUT2D eigenvalue weighted by molar-refractivity contribution is 5.95. The summed E-state index contributed by atoms with van der Waals surface area (Å²) in [5.41, 5.74) is 11.0. The van der Waals surface area contributed by atoms with Gasteiger partial charge in [0.05, 0.1) is 0 Å². The topological polar surface area (TPSA) is 159 Å². The number of nitrogens with two attached hydrogens (primary N) is 2. The monoisotopic (exact) mass is 314 g/mol. The summed E-state index contributed by atoms with van der Waals surface area (Å²) in [6, 6.07) is -0.774. The molecule has 126 valence electrons. The summed E-state index contributed by atoms with van der Waals surface area (Å²) in [5.74, 6) is 0.217. The fourth-order valence-corrected chi connectivity index (χ4v) is 1.41. The van der Waals surface area contributed by atoms with Crippen molar-refractivity contribution in [3.63, 3.8) is 0 Å². The molecular weight excluding hydrogens is 288 g/mol. The van der Waals surface area contributed by atoms with Crippen LogP contribution in [0.15, 0.2) is 9.98 Å². The highest BCUT2D eigenvalue weighted by Gasteiger charge is 1.98. The van der Waals surface area contributed by atoms with Crippen LogP contribution in [0.2, 0.25) is 0 Å². The van der Waals surface area contributed by atoms with Crippen LogP contribution in [0.3, 0.4) is 0 Å². The number of hydrogen-bond acceptors (Lipinski definition) is 4. The lowest BCUT2D eigenvalue weighted by Crippen LogP contribution is -2.42. The molecular formula is C12H26N8O2. The van der Waals surface area contributed by atoms with Crippen molar-refractivity contribution >= 4 is 24.0 Å². The molecule has 0 aliphatic heterocycles. The molecule has 8 N–H and O–H groups in total. The third-order valence-corrected chi connectivity index (χ3v) is 2.57. The average Bonchev–Trinajstić information content (AvgIpc) is 2.49. The van der Waals surface area contributed by atoms with E-state index in [1.165, 1.54) is 14.1 Å². The summed E-state index contributed by atoms with van der Waals surface area (Å²) in [6.45, 7) is 1.11. The Balaban J connectivity index is 3.62. The molecule has 0 aliphatic carbocycles. The highest BCUT2D eigenvalue weighted by atomic mass is 16.2. The van der Waals surface area contributed by atoms with Crippen LogP contribution in [0.4, 0.5) is 9.59 Å². The van der Waals surface area contributed by atoms with Crippen LogP contribution in [0.25, 0.3) is 0 Å². The zero-order valence-corrected chi connectivity index (χ0v) is 13.1. The molecule has 10 heteroatoms. The van der Waals surface area contributed by atoms with E-state index in [1.54, 1.807) is 0 Å². The third-order valence-electron chi connectivity index (χ3n) is 2.57. The van der Waals surface area contributed by atoms with Gasteiger partial charge in [-0.2, -0.15) is 0 Å². The van der Waals surface area contributed by atoms with Crippen LogP contribution in [0.1, 0.15) is 25.7 Å². The fourth-order valence-electron chi connectivity index (χ4n) is 1.41. The molecule has 0 heterocycles. The SMILES string of the molecule is CNC(=O)NC(N)=NCCCCCCN=C(N)NC(=O)NC. The van der Waals surface area contributed by atoms with Gasteiger partial charge in [-0.05, 0) is 12.8 Å². The smallest absolute Gasteiger partial charge is 0.321 e. The first-order valence-corrected chi connectivity index (χ1v) is 7.07. The van der Waals surface area contributed by atoms with E-state index in [0.29, 0.717) is 13.1 Å². The van der Waals surface area contributed by atoms with Crippen LogP contribution >= 0.6 is 0 Å². The van der Waals surface area contributed by atoms with Gasteiger partial charge in [0, 0.05) is 27.2 Å². The largest absolute Gasteiger partial charge is 0.370 e. The summed E-state index contributed by atoms with van der Waals surface area (Å²) in [7, 11) is 3.00. The van der Waals surface area contributed by atoms with Crippen molar-refractivity contribution in [2.75, 3.05) is 27.2 Å². The molecule has 22 heavy (non-hydrogen) atoms. The van der Waals surface area contributed by atoms with Crippen molar-refractivity contribution in [2.45, 2.75) is 25.7 Å². The van der Waals surface area contributed by atoms with E-state index in [1.807, 2.05) is 0 Å². The van der Waals surface area contributed by atoms with Crippen molar-refractivity contribution in [2.24, 2.45) is 21.5 Å². The van der Waals surface area contributed by atoms with Gasteiger partial charge >= 0.3 is 12.1 Å². The zero-order valence-electron chi connectivity index (χ0n) is 13.1. The van der Waals surface area contributed by atoms with E-state index < -0.39 is 0 Å². The quantitative estimate of drug-likeness (QED) is 0.203. The fraction of sp³-hybridized carbons (Fsp3) is 0.667. The number of carbonyl (C=O) groups excluding carboxylic acids is 2. The molecule has 0 saturated carbocycles. The molecule has 0 aliphatic rings. The number of hydrogen-bond donors (Lipinski definition) is 6. The summed E-state index contributed by atoms with van der Waals surface area (Å²) >= 11 is 0. The van der Waals surface area contributed by atoms with Gasteiger partial charge in [-0.3, -0.25) is 20.6 Å². The second-order valence-electron chi connectivity index (χ2n) is 4.36. The van der Waals surface area contributed by atoms with Crippen LogP contribution in [-0.4, -0.2) is 51.2 Å². The van der Waals surface area contributed by atoms with E-state index in [2.05, 4.69) is 31.3 Å². The predicted molar refractivity (Wildman–Crippen MR) is 86.6 cm³/mol. The maximum Gasteiger partial charge on any atom is 0.321 e. The molecule has 4 amide bonds. The second kappa shape index (κ2) is 12.2. The van der Waals surface area contributed by atoms with Crippen molar-refractivity contribution in [1.29, 1.82) is 0 Å². The molecule has 0 radical (unpaired) electrons. The normalized spacial score (nSPS) is 11.7. The number of carbonyl (C=O) groups is 2. The van der Waals surface area contributed by atoms with E-state index in [4.69, 9.17) is 11.5 Å². The van der Waals surface area contributed by atoms with Gasteiger partial charge in [0.25, 0.3) is 0 Å². The van der Waals surface area contributed by atoms with Gasteiger partial charge in [-0.25, -0.2) is 9.59 Å². The Hall–Kier alpha value is -2.52. The number of guanidine groups is 2. The van der Waals surface area contributed by atoms with Crippen molar-refractivity contribution in [3.05, 3.63) is 0 Å². The number of unbranched alkanes of at least 4 members (excludes halogenated alkanes) is 3. The minimum atomic E-state index is -0.387. The lowest BCUT2D eigenvalue weighted by Gasteiger charge is -2.04. The molecule has 0 fully saturated rings. The Morgan fingerprint density at radius 3 is 1.45 bits per heavy atom. The first-order valence-electron chi connectivity index (χ1n) is 7.07. The molecule has 0 bridgehead atoms. The Kier molecular flexibility index (Phi) is 10.8. The van der Waals surface area contributed by atoms with Gasteiger partial charge in [-0.15, -0.1) is 0 Å². The van der Waals surface area contributed by atoms with Crippen LogP contribution < -0.4 is 32.7 Å². The summed E-state index contributed by atoms with van der Waals surface area (Å²) in [5, 5.41) is 9.52. The van der Waals surface area contributed by atoms with Gasteiger partial charge in [0.2, 0.25) is 0 Å². The summed E-state index contributed by atoms with van der Waals surface area (Å²) < 4.78 is 0. The van der Waals surface area contributed by atoms with Crippen molar-refractivity contribution < 1.29 is 9.59 Å². The van der Waals surface area contributed by atoms with Gasteiger partial charge < -0.3 is 22.1 Å². The Bertz CT molecular complexity index is 370. The number of rotatable bonds is 7. The number of urea groups is 2. The average molecular weight is 314 g/mol. The molecule has 10 nitrogen and oxygen atoms in total. The Morgan fingerprint density at radius 2 is 1.14 bits per heavy atom. The first kappa shape index (κ1) is 19.5. The van der Waals surface area contributed by atoms with Gasteiger partial charge in [0.1, 0.15) is 0 Å². The lowest BCUT2D eigenvalue weighted by atomic mass is 10.2. The maximum atomic E-state index is 10.9. The number of nitrogens with one attached hydrogen (secondary N) is 4. The van der Waals surface area contributed by atoms with Crippen molar-refractivity contribution in [1.82, 2.24) is 21.3 Å². The maximum absolute atomic E-state index is 10.9.